The number of rotatable bonds is 3. The van der Waals surface area contributed by atoms with Gasteiger partial charge in [0.15, 0.2) is 12.8 Å². The third-order valence-electron chi connectivity index (χ3n) is 2.73. The summed E-state index contributed by atoms with van der Waals surface area (Å²) in [5.41, 5.74) is -0.205. The molecule has 0 atom stereocenters. The Morgan fingerprint density at radius 1 is 0.950 bits per heavy atom. The van der Waals surface area contributed by atoms with Crippen LogP contribution >= 0.6 is 0 Å². The zero-order valence-corrected chi connectivity index (χ0v) is 10.5. The third kappa shape index (κ3) is 3.60. The highest BCUT2D eigenvalue weighted by Gasteiger charge is 2.33. The maximum absolute atomic E-state index is 12.8. The minimum Gasteiger partial charge on any atom is -0.624 e. The van der Waals surface area contributed by atoms with Crippen LogP contribution < -0.4 is 0 Å². The van der Waals surface area contributed by atoms with Crippen LogP contribution in [0.5, 0.6) is 0 Å². The van der Waals surface area contributed by atoms with Gasteiger partial charge in [-0.15, -0.1) is 0 Å². The van der Waals surface area contributed by atoms with E-state index in [9.17, 15) is 18.4 Å². The van der Waals surface area contributed by atoms with E-state index >= 15 is 0 Å². The van der Waals surface area contributed by atoms with Crippen LogP contribution in [0, 0.1) is 5.21 Å². The number of nitrogens with zero attached hydrogens (tertiary/aromatic N) is 1. The van der Waals surface area contributed by atoms with Gasteiger partial charge in [-0.2, -0.15) is 13.2 Å². The smallest absolute Gasteiger partial charge is 0.417 e. The summed E-state index contributed by atoms with van der Waals surface area (Å²) >= 11 is 0. The summed E-state index contributed by atoms with van der Waals surface area (Å²) < 4.78 is 38.9. The largest absolute Gasteiger partial charge is 0.624 e. The number of benzene rings is 2. The molecule has 0 heterocycles. The summed E-state index contributed by atoms with van der Waals surface area (Å²) in [4.78, 5) is 0. The number of alkyl halides is 3. The Morgan fingerprint density at radius 3 is 2.20 bits per heavy atom. The molecule has 104 valence electrons. The van der Waals surface area contributed by atoms with Gasteiger partial charge in [0, 0.05) is 5.56 Å². The van der Waals surface area contributed by atoms with Crippen molar-refractivity contribution in [2.24, 2.45) is 0 Å². The molecule has 20 heavy (non-hydrogen) atoms. The summed E-state index contributed by atoms with van der Waals surface area (Å²) in [5, 5.41) is 11.8. The van der Waals surface area contributed by atoms with E-state index in [2.05, 4.69) is 0 Å². The Labute approximate surface area is 114 Å². The van der Waals surface area contributed by atoms with Crippen LogP contribution in [-0.2, 0) is 12.7 Å². The lowest BCUT2D eigenvalue weighted by Crippen LogP contribution is -2.12. The fourth-order valence-electron chi connectivity index (χ4n) is 1.83. The predicted molar refractivity (Wildman–Crippen MR) is 70.4 cm³/mol. The number of hydrogen-bond donors (Lipinski definition) is 0. The second-order valence-corrected chi connectivity index (χ2v) is 4.27. The lowest BCUT2D eigenvalue weighted by Gasteiger charge is -2.10. The summed E-state index contributed by atoms with van der Waals surface area (Å²) in [6, 6.07) is 13.8. The first-order valence-corrected chi connectivity index (χ1v) is 5.95. The van der Waals surface area contributed by atoms with Crippen LogP contribution in [0.25, 0.3) is 0 Å². The Hall–Kier alpha value is -2.30. The molecule has 0 saturated heterocycles. The van der Waals surface area contributed by atoms with E-state index in [4.69, 9.17) is 0 Å². The van der Waals surface area contributed by atoms with Gasteiger partial charge in [0.1, 0.15) is 0 Å². The second-order valence-electron chi connectivity index (χ2n) is 4.27. The highest BCUT2D eigenvalue weighted by atomic mass is 19.4. The molecule has 5 heteroatoms. The zero-order valence-electron chi connectivity index (χ0n) is 10.5. The maximum atomic E-state index is 12.8. The van der Waals surface area contributed by atoms with E-state index in [1.54, 1.807) is 30.3 Å². The molecule has 0 radical (unpaired) electrons. The van der Waals surface area contributed by atoms with Crippen molar-refractivity contribution < 1.29 is 17.9 Å². The Morgan fingerprint density at radius 2 is 1.55 bits per heavy atom. The summed E-state index contributed by atoms with van der Waals surface area (Å²) in [6.45, 7) is 0.00698. The van der Waals surface area contributed by atoms with Crippen molar-refractivity contribution in [3.63, 3.8) is 0 Å². The Bertz CT molecular complexity index is 606. The highest BCUT2D eigenvalue weighted by Crippen LogP contribution is 2.31. The average Bonchev–Trinajstić information content (AvgIpc) is 2.39. The van der Waals surface area contributed by atoms with Gasteiger partial charge in [-0.3, -0.25) is 0 Å². The SMILES string of the molecule is [O-]/[N+](=C\c1ccccc1C(F)(F)F)Cc1ccccc1. The summed E-state index contributed by atoms with van der Waals surface area (Å²) in [6.07, 6.45) is -3.50. The first-order chi connectivity index (χ1) is 9.47. The van der Waals surface area contributed by atoms with E-state index in [0.717, 1.165) is 17.8 Å². The average molecular weight is 279 g/mol. The molecule has 0 saturated carbocycles. The number of hydrogen-bond acceptors (Lipinski definition) is 1. The minimum absolute atomic E-state index is 0.00698. The van der Waals surface area contributed by atoms with Crippen molar-refractivity contribution >= 4 is 6.21 Å². The fraction of sp³-hybridized carbons (Fsp3) is 0.133. The van der Waals surface area contributed by atoms with Gasteiger partial charge < -0.3 is 5.21 Å². The van der Waals surface area contributed by atoms with Gasteiger partial charge in [-0.25, -0.2) is 4.74 Å². The quantitative estimate of drug-likeness (QED) is 0.363. The molecule has 0 N–H and O–H groups in total. The first-order valence-electron chi connectivity index (χ1n) is 5.95. The molecule has 0 bridgehead atoms. The van der Waals surface area contributed by atoms with Crippen molar-refractivity contribution in [2.45, 2.75) is 12.7 Å². The molecule has 0 unspecified atom stereocenters. The molecule has 0 fully saturated rings. The highest BCUT2D eigenvalue weighted by molar-refractivity contribution is 5.78. The molecular formula is C15H12F3NO. The molecule has 2 aromatic rings. The monoisotopic (exact) mass is 279 g/mol. The molecule has 0 aliphatic carbocycles. The van der Waals surface area contributed by atoms with Gasteiger partial charge in [0.05, 0.1) is 11.1 Å². The summed E-state index contributed by atoms with van der Waals surface area (Å²) in [7, 11) is 0. The van der Waals surface area contributed by atoms with E-state index in [1.165, 1.54) is 18.2 Å². The topological polar surface area (TPSA) is 26.1 Å². The van der Waals surface area contributed by atoms with Gasteiger partial charge in [0.25, 0.3) is 0 Å². The number of hydroxylamine groups is 1. The van der Waals surface area contributed by atoms with Crippen molar-refractivity contribution in [1.82, 2.24) is 0 Å². The molecule has 0 aromatic heterocycles. The van der Waals surface area contributed by atoms with Crippen molar-refractivity contribution in [3.8, 4) is 0 Å². The van der Waals surface area contributed by atoms with Crippen molar-refractivity contribution in [1.29, 1.82) is 0 Å². The molecule has 0 aliphatic rings. The predicted octanol–water partition coefficient (Wildman–Crippen LogP) is 3.83. The lowest BCUT2D eigenvalue weighted by atomic mass is 10.1. The third-order valence-corrected chi connectivity index (χ3v) is 2.73. The van der Waals surface area contributed by atoms with E-state index in [-0.39, 0.29) is 12.1 Å². The van der Waals surface area contributed by atoms with Crippen LogP contribution in [0.3, 0.4) is 0 Å². The van der Waals surface area contributed by atoms with Crippen molar-refractivity contribution in [2.75, 3.05) is 0 Å². The number of halogens is 3. The lowest BCUT2D eigenvalue weighted by molar-refractivity contribution is -0.469. The standard InChI is InChI=1S/C15H12F3NO/c16-15(17,18)14-9-5-4-8-13(14)11-19(20)10-12-6-2-1-3-7-12/h1-9,11H,10H2/b19-11-. The second kappa shape index (κ2) is 5.77. The fourth-order valence-corrected chi connectivity index (χ4v) is 1.83. The molecule has 2 rings (SSSR count). The molecular weight excluding hydrogens is 267 g/mol. The van der Waals surface area contributed by atoms with Gasteiger partial charge in [0.2, 0.25) is 0 Å². The van der Waals surface area contributed by atoms with Crippen LogP contribution in [0.1, 0.15) is 16.7 Å². The van der Waals surface area contributed by atoms with Crippen LogP contribution in [0.2, 0.25) is 0 Å². The van der Waals surface area contributed by atoms with Gasteiger partial charge in [-0.05, 0) is 12.1 Å². The molecule has 2 nitrogen and oxygen atoms in total. The normalized spacial score (nSPS) is 12.4. The summed E-state index contributed by atoms with van der Waals surface area (Å²) in [5.74, 6) is 0. The van der Waals surface area contributed by atoms with Crippen LogP contribution in [0.15, 0.2) is 54.6 Å². The van der Waals surface area contributed by atoms with Crippen LogP contribution in [-0.4, -0.2) is 11.0 Å². The van der Waals surface area contributed by atoms with Gasteiger partial charge >= 0.3 is 6.18 Å². The first kappa shape index (κ1) is 14.1. The van der Waals surface area contributed by atoms with Crippen LogP contribution in [0.4, 0.5) is 13.2 Å². The van der Waals surface area contributed by atoms with E-state index < -0.39 is 11.7 Å². The molecule has 0 amide bonds. The minimum atomic E-state index is -4.47. The zero-order chi connectivity index (χ0) is 14.6. The van der Waals surface area contributed by atoms with E-state index in [0.29, 0.717) is 4.74 Å². The Balaban J connectivity index is 2.27. The molecule has 0 spiro atoms. The molecule has 2 aromatic carbocycles. The maximum Gasteiger partial charge on any atom is 0.417 e. The molecule has 0 aliphatic heterocycles. The Kier molecular flexibility index (Phi) is 4.08. The van der Waals surface area contributed by atoms with E-state index in [1.807, 2.05) is 0 Å². The van der Waals surface area contributed by atoms with Crippen molar-refractivity contribution in [3.05, 3.63) is 76.5 Å². The van der Waals surface area contributed by atoms with Gasteiger partial charge in [-0.1, -0.05) is 42.5 Å².